The van der Waals surface area contributed by atoms with Crippen LogP contribution in [-0.2, 0) is 6.61 Å². The molecule has 2 heterocycles. The van der Waals surface area contributed by atoms with Crippen molar-refractivity contribution in [3.63, 3.8) is 0 Å². The van der Waals surface area contributed by atoms with E-state index in [4.69, 9.17) is 4.74 Å². The molecule has 130 valence electrons. The Morgan fingerprint density at radius 3 is 2.69 bits per heavy atom. The van der Waals surface area contributed by atoms with E-state index in [2.05, 4.69) is 15.3 Å². The molecule has 0 atom stereocenters. The second-order valence-corrected chi connectivity index (χ2v) is 6.19. The van der Waals surface area contributed by atoms with Gasteiger partial charge in [0.2, 0.25) is 4.96 Å². The van der Waals surface area contributed by atoms with Gasteiger partial charge in [0.1, 0.15) is 18.2 Å². The number of hydrogen-bond donors (Lipinski definition) is 0. The van der Waals surface area contributed by atoms with Gasteiger partial charge < -0.3 is 4.74 Å². The van der Waals surface area contributed by atoms with Crippen molar-refractivity contribution in [1.29, 1.82) is 0 Å². The molecule has 0 spiro atoms. The third-order valence-electron chi connectivity index (χ3n) is 3.57. The van der Waals surface area contributed by atoms with Crippen molar-refractivity contribution in [3.8, 4) is 16.3 Å². The summed E-state index contributed by atoms with van der Waals surface area (Å²) in [6.07, 6.45) is 0. The van der Waals surface area contributed by atoms with E-state index < -0.39 is 4.92 Å². The first-order valence-corrected chi connectivity index (χ1v) is 8.27. The highest BCUT2D eigenvalue weighted by Gasteiger charge is 2.20. The van der Waals surface area contributed by atoms with Gasteiger partial charge in [0, 0.05) is 6.07 Å². The van der Waals surface area contributed by atoms with Crippen LogP contribution in [0.4, 0.5) is 10.1 Å². The third-order valence-corrected chi connectivity index (χ3v) is 4.50. The van der Waals surface area contributed by atoms with Gasteiger partial charge in [-0.25, -0.2) is 4.39 Å². The van der Waals surface area contributed by atoms with Crippen molar-refractivity contribution >= 4 is 22.0 Å². The molecule has 0 bridgehead atoms. The first kappa shape index (κ1) is 16.1. The Hall–Kier alpha value is -3.40. The second kappa shape index (κ2) is 6.48. The van der Waals surface area contributed by atoms with E-state index in [1.165, 1.54) is 46.2 Å². The van der Waals surface area contributed by atoms with Crippen LogP contribution >= 0.6 is 11.3 Å². The van der Waals surface area contributed by atoms with Crippen molar-refractivity contribution in [2.75, 3.05) is 0 Å². The van der Waals surface area contributed by atoms with Crippen LogP contribution in [-0.4, -0.2) is 24.7 Å². The number of para-hydroxylation sites is 1. The number of ether oxygens (including phenoxy) is 1. The molecule has 26 heavy (non-hydrogen) atoms. The quantitative estimate of drug-likeness (QED) is 0.394. The lowest BCUT2D eigenvalue weighted by molar-refractivity contribution is -0.384. The van der Waals surface area contributed by atoms with Crippen molar-refractivity contribution in [3.05, 3.63) is 70.3 Å². The lowest BCUT2D eigenvalue weighted by atomic mass is 10.2. The van der Waals surface area contributed by atoms with Crippen LogP contribution in [0.25, 0.3) is 15.5 Å². The Morgan fingerprint density at radius 1 is 1.15 bits per heavy atom. The first-order valence-electron chi connectivity index (χ1n) is 7.45. The molecule has 0 aliphatic heterocycles. The molecule has 0 aliphatic rings. The van der Waals surface area contributed by atoms with Gasteiger partial charge in [-0.1, -0.05) is 23.5 Å². The molecular formula is C16H10FN5O3S. The maximum Gasteiger partial charge on any atom is 0.279 e. The SMILES string of the molecule is O=[N+]([O-])c1ccccc1-c1nn2c(COc3ccc(F)cc3)nnc2s1. The summed E-state index contributed by atoms with van der Waals surface area (Å²) in [7, 11) is 0. The molecule has 0 aliphatic carbocycles. The van der Waals surface area contributed by atoms with Crippen molar-refractivity contribution in [1.82, 2.24) is 19.8 Å². The van der Waals surface area contributed by atoms with E-state index in [1.807, 2.05) is 0 Å². The summed E-state index contributed by atoms with van der Waals surface area (Å²) in [5.74, 6) is 0.568. The van der Waals surface area contributed by atoms with Crippen molar-refractivity contribution in [2.24, 2.45) is 0 Å². The Bertz CT molecular complexity index is 1090. The number of fused-ring (bicyclic) bond motifs is 1. The standard InChI is InChI=1S/C16H10FN5O3S/c17-10-5-7-11(8-6-10)25-9-14-18-19-16-21(14)20-15(26-16)12-3-1-2-4-13(12)22(23)24/h1-8H,9H2. The molecule has 2 aromatic carbocycles. The average Bonchev–Trinajstić information content (AvgIpc) is 3.22. The fourth-order valence-corrected chi connectivity index (χ4v) is 3.24. The Balaban J connectivity index is 1.63. The zero-order valence-corrected chi connectivity index (χ0v) is 13.9. The molecule has 0 saturated carbocycles. The van der Waals surface area contributed by atoms with Gasteiger partial charge >= 0.3 is 0 Å². The van der Waals surface area contributed by atoms with Gasteiger partial charge in [-0.05, 0) is 30.3 Å². The summed E-state index contributed by atoms with van der Waals surface area (Å²) in [4.78, 5) is 11.2. The molecule has 10 heteroatoms. The molecule has 0 saturated heterocycles. The van der Waals surface area contributed by atoms with E-state index in [9.17, 15) is 14.5 Å². The topological polar surface area (TPSA) is 95.5 Å². The Morgan fingerprint density at radius 2 is 1.92 bits per heavy atom. The lowest BCUT2D eigenvalue weighted by Crippen LogP contribution is -2.02. The Kier molecular flexibility index (Phi) is 4.01. The van der Waals surface area contributed by atoms with Gasteiger partial charge in [0.05, 0.1) is 10.5 Å². The maximum absolute atomic E-state index is 12.9. The minimum Gasteiger partial charge on any atom is -0.486 e. The predicted octanol–water partition coefficient (Wildman–Crippen LogP) is 3.48. The number of nitro benzene ring substituents is 1. The first-order chi connectivity index (χ1) is 12.6. The van der Waals surface area contributed by atoms with Crippen LogP contribution < -0.4 is 4.74 Å². The summed E-state index contributed by atoms with van der Waals surface area (Å²) in [5.41, 5.74) is 0.389. The number of aromatic nitrogens is 4. The molecule has 4 aromatic rings. The summed E-state index contributed by atoms with van der Waals surface area (Å²) >= 11 is 1.20. The number of hydrogen-bond acceptors (Lipinski definition) is 7. The minimum absolute atomic E-state index is 0.0263. The molecule has 0 amide bonds. The predicted molar refractivity (Wildman–Crippen MR) is 91.5 cm³/mol. The van der Waals surface area contributed by atoms with Crippen LogP contribution in [0.3, 0.4) is 0 Å². The number of benzene rings is 2. The molecule has 8 nitrogen and oxygen atoms in total. The fraction of sp³-hybridized carbons (Fsp3) is 0.0625. The summed E-state index contributed by atoms with van der Waals surface area (Å²) in [6, 6.07) is 12.0. The van der Waals surface area contributed by atoms with Crippen LogP contribution in [0.5, 0.6) is 5.75 Å². The van der Waals surface area contributed by atoms with Crippen LogP contribution in [0.15, 0.2) is 48.5 Å². The zero-order valence-electron chi connectivity index (χ0n) is 13.1. The fourth-order valence-electron chi connectivity index (χ4n) is 2.35. The maximum atomic E-state index is 12.9. The third kappa shape index (κ3) is 2.97. The molecule has 4 rings (SSSR count). The minimum atomic E-state index is -0.448. The molecule has 0 unspecified atom stereocenters. The van der Waals surface area contributed by atoms with Crippen LogP contribution in [0.2, 0.25) is 0 Å². The molecule has 0 N–H and O–H groups in total. The van der Waals surface area contributed by atoms with Gasteiger partial charge in [0.15, 0.2) is 10.8 Å². The van der Waals surface area contributed by atoms with Gasteiger partial charge in [-0.2, -0.15) is 9.61 Å². The van der Waals surface area contributed by atoms with Crippen molar-refractivity contribution < 1.29 is 14.1 Å². The van der Waals surface area contributed by atoms with E-state index >= 15 is 0 Å². The van der Waals surface area contributed by atoms with Gasteiger partial charge in [0.25, 0.3) is 5.69 Å². The van der Waals surface area contributed by atoms with E-state index in [0.29, 0.717) is 27.1 Å². The van der Waals surface area contributed by atoms with Gasteiger partial charge in [-0.15, -0.1) is 10.2 Å². The number of nitrogens with zero attached hydrogens (tertiary/aromatic N) is 5. The highest BCUT2D eigenvalue weighted by molar-refractivity contribution is 7.19. The smallest absolute Gasteiger partial charge is 0.279 e. The van der Waals surface area contributed by atoms with Crippen LogP contribution in [0, 0.1) is 15.9 Å². The zero-order chi connectivity index (χ0) is 18.1. The Labute approximate surface area is 149 Å². The second-order valence-electron chi connectivity index (χ2n) is 5.23. The summed E-state index contributed by atoms with van der Waals surface area (Å²) in [5, 5.41) is 24.1. The van der Waals surface area contributed by atoms with E-state index in [0.717, 1.165) is 0 Å². The van der Waals surface area contributed by atoms with E-state index in [-0.39, 0.29) is 18.1 Å². The van der Waals surface area contributed by atoms with E-state index in [1.54, 1.807) is 18.2 Å². The molecule has 0 radical (unpaired) electrons. The highest BCUT2D eigenvalue weighted by atomic mass is 32.1. The molecular weight excluding hydrogens is 361 g/mol. The molecule has 2 aromatic heterocycles. The average molecular weight is 371 g/mol. The number of rotatable bonds is 5. The normalized spacial score (nSPS) is 11.0. The summed E-state index contributed by atoms with van der Waals surface area (Å²) < 4.78 is 20.0. The largest absolute Gasteiger partial charge is 0.486 e. The van der Waals surface area contributed by atoms with Gasteiger partial charge in [-0.3, -0.25) is 10.1 Å². The lowest BCUT2D eigenvalue weighted by Gasteiger charge is -2.03. The summed E-state index contributed by atoms with van der Waals surface area (Å²) in [6.45, 7) is 0.0762. The number of nitro groups is 1. The number of halogens is 1. The molecule has 0 fully saturated rings. The van der Waals surface area contributed by atoms with Crippen molar-refractivity contribution in [2.45, 2.75) is 6.61 Å². The monoisotopic (exact) mass is 371 g/mol. The van der Waals surface area contributed by atoms with Crippen LogP contribution in [0.1, 0.15) is 5.82 Å². The highest BCUT2D eigenvalue weighted by Crippen LogP contribution is 2.32.